The van der Waals surface area contributed by atoms with Gasteiger partial charge < -0.3 is 24.4 Å². The molecule has 0 aromatic heterocycles. The van der Waals surface area contributed by atoms with Crippen LogP contribution in [-0.2, 0) is 19.1 Å². The fourth-order valence-electron chi connectivity index (χ4n) is 3.60. The monoisotopic (exact) mass is 353 g/mol. The fraction of sp³-hybridized carbons (Fsp3) is 0.278. The van der Waals surface area contributed by atoms with E-state index >= 15 is 0 Å². The van der Waals surface area contributed by atoms with E-state index in [1.807, 2.05) is 36.4 Å². The molecule has 1 fully saturated rings. The van der Waals surface area contributed by atoms with E-state index in [0.29, 0.717) is 24.7 Å². The van der Waals surface area contributed by atoms with Crippen LogP contribution < -0.4 is 15.0 Å². The summed E-state index contributed by atoms with van der Waals surface area (Å²) in [6.45, 7) is 1.11. The second-order valence-corrected chi connectivity index (χ2v) is 6.32. The summed E-state index contributed by atoms with van der Waals surface area (Å²) >= 11 is 0. The number of carbonyl (C=O) groups is 2. The zero-order valence-electron chi connectivity index (χ0n) is 13.9. The van der Waals surface area contributed by atoms with Crippen LogP contribution in [-0.4, -0.2) is 49.9 Å². The van der Waals surface area contributed by atoms with E-state index in [1.54, 1.807) is 11.9 Å². The lowest BCUT2D eigenvalue weighted by Gasteiger charge is -2.48. The minimum absolute atomic E-state index is 0.341. The van der Waals surface area contributed by atoms with E-state index in [-0.39, 0.29) is 0 Å². The molecule has 3 aliphatic heterocycles. The van der Waals surface area contributed by atoms with Gasteiger partial charge in [-0.25, -0.2) is 9.59 Å². The third kappa shape index (κ3) is 1.86. The van der Waals surface area contributed by atoms with Gasteiger partial charge in [-0.1, -0.05) is 30.3 Å². The molecule has 0 spiro atoms. The van der Waals surface area contributed by atoms with Crippen LogP contribution in [0.5, 0.6) is 5.75 Å². The predicted molar refractivity (Wildman–Crippen MR) is 92.0 cm³/mol. The highest BCUT2D eigenvalue weighted by molar-refractivity contribution is 6.31. The number of benzene rings is 2. The summed E-state index contributed by atoms with van der Waals surface area (Å²) in [5.74, 6) is -2.93. The van der Waals surface area contributed by atoms with Gasteiger partial charge in [-0.3, -0.25) is 4.99 Å². The Hall–Kier alpha value is -3.29. The normalized spacial score (nSPS) is 26.9. The Morgan fingerprint density at radius 2 is 2.00 bits per heavy atom. The summed E-state index contributed by atoms with van der Waals surface area (Å²) in [6, 6.07) is 11.6. The Bertz CT molecular complexity index is 988. The number of rotatable bonds is 1. The van der Waals surface area contributed by atoms with Gasteiger partial charge in [-0.15, -0.1) is 0 Å². The molecule has 1 N–H and O–H groups in total. The fourth-order valence-corrected chi connectivity index (χ4v) is 3.60. The molecule has 0 radical (unpaired) electrons. The zero-order chi connectivity index (χ0) is 17.9. The molecule has 2 atom stereocenters. The van der Waals surface area contributed by atoms with Gasteiger partial charge in [-0.2, -0.15) is 0 Å². The van der Waals surface area contributed by atoms with Gasteiger partial charge in [0.2, 0.25) is 0 Å². The third-order valence-corrected chi connectivity index (χ3v) is 4.80. The molecular formula is C18H15N3O5. The van der Waals surface area contributed by atoms with Crippen molar-refractivity contribution < 1.29 is 23.8 Å². The second kappa shape index (κ2) is 5.10. The molecule has 3 heterocycles. The Morgan fingerprint density at radius 3 is 2.81 bits per heavy atom. The van der Waals surface area contributed by atoms with Crippen molar-refractivity contribution in [2.75, 3.05) is 25.0 Å². The number of carbonyl (C=O) groups excluding carboxylic acids is 2. The van der Waals surface area contributed by atoms with Crippen molar-refractivity contribution in [1.29, 1.82) is 0 Å². The number of anilines is 1. The Labute approximate surface area is 148 Å². The van der Waals surface area contributed by atoms with Crippen LogP contribution >= 0.6 is 0 Å². The number of ether oxygens (including phenoxy) is 3. The van der Waals surface area contributed by atoms with E-state index in [9.17, 15) is 9.59 Å². The summed E-state index contributed by atoms with van der Waals surface area (Å²) in [4.78, 5) is 30.0. The van der Waals surface area contributed by atoms with Crippen LogP contribution in [0.25, 0.3) is 10.8 Å². The van der Waals surface area contributed by atoms with E-state index in [4.69, 9.17) is 14.2 Å². The minimum atomic E-state index is -1.66. The molecule has 5 rings (SSSR count). The molecule has 2 unspecified atom stereocenters. The van der Waals surface area contributed by atoms with Crippen molar-refractivity contribution in [2.24, 2.45) is 4.99 Å². The smallest absolute Gasteiger partial charge is 0.421 e. The molecule has 0 amide bonds. The van der Waals surface area contributed by atoms with E-state index < -0.39 is 24.0 Å². The van der Waals surface area contributed by atoms with Crippen molar-refractivity contribution in [2.45, 2.75) is 12.0 Å². The van der Waals surface area contributed by atoms with Crippen molar-refractivity contribution in [3.63, 3.8) is 0 Å². The molecule has 1 saturated heterocycles. The second-order valence-electron chi connectivity index (χ2n) is 6.32. The first kappa shape index (κ1) is 15.0. The quantitative estimate of drug-likeness (QED) is 0.599. The molecular weight excluding hydrogens is 338 g/mol. The number of amidine groups is 1. The first-order chi connectivity index (χ1) is 12.6. The van der Waals surface area contributed by atoms with E-state index in [0.717, 1.165) is 16.5 Å². The number of hydrogen-bond donors (Lipinski definition) is 1. The van der Waals surface area contributed by atoms with Crippen LogP contribution in [0.4, 0.5) is 5.69 Å². The van der Waals surface area contributed by atoms with E-state index in [2.05, 4.69) is 10.3 Å². The molecule has 3 aliphatic rings. The molecule has 8 heteroatoms. The van der Waals surface area contributed by atoms with E-state index in [1.165, 1.54) is 0 Å². The van der Waals surface area contributed by atoms with Crippen molar-refractivity contribution in [3.05, 3.63) is 36.4 Å². The SMILES string of the molecule is CN1c2ccc3ccccc3c2OC2(C3=NCCN3)OC(=O)C(=O)OC12. The van der Waals surface area contributed by atoms with Crippen molar-refractivity contribution in [1.82, 2.24) is 5.32 Å². The van der Waals surface area contributed by atoms with Crippen LogP contribution in [0.1, 0.15) is 0 Å². The molecule has 26 heavy (non-hydrogen) atoms. The van der Waals surface area contributed by atoms with Gasteiger partial charge >= 0.3 is 17.7 Å². The van der Waals surface area contributed by atoms with Crippen LogP contribution in [0.3, 0.4) is 0 Å². The number of likely N-dealkylation sites (N-methyl/N-ethyl adjacent to an activating group) is 1. The zero-order valence-corrected chi connectivity index (χ0v) is 13.9. The van der Waals surface area contributed by atoms with Crippen LogP contribution in [0, 0.1) is 0 Å². The predicted octanol–water partition coefficient (Wildman–Crippen LogP) is 0.792. The topological polar surface area (TPSA) is 89.5 Å². The summed E-state index contributed by atoms with van der Waals surface area (Å²) in [6.07, 6.45) is -0.981. The lowest BCUT2D eigenvalue weighted by molar-refractivity contribution is -0.240. The number of nitrogens with one attached hydrogen (secondary N) is 1. The summed E-state index contributed by atoms with van der Waals surface area (Å²) in [7, 11) is 1.76. The number of hydrogen-bond acceptors (Lipinski definition) is 8. The summed E-state index contributed by atoms with van der Waals surface area (Å²) < 4.78 is 17.1. The summed E-state index contributed by atoms with van der Waals surface area (Å²) in [5.41, 5.74) is 0.730. The number of fused-ring (bicyclic) bond motifs is 4. The maximum atomic E-state index is 12.0. The van der Waals surface area contributed by atoms with Gasteiger partial charge in [-0.05, 0) is 11.5 Å². The average Bonchev–Trinajstić information content (AvgIpc) is 3.19. The van der Waals surface area contributed by atoms with Crippen molar-refractivity contribution in [3.8, 4) is 5.75 Å². The highest BCUT2D eigenvalue weighted by Gasteiger charge is 2.63. The molecule has 2 aromatic carbocycles. The summed E-state index contributed by atoms with van der Waals surface area (Å²) in [5, 5.41) is 4.92. The van der Waals surface area contributed by atoms with Gasteiger partial charge in [0, 0.05) is 19.0 Å². The maximum absolute atomic E-state index is 12.0. The lowest BCUT2D eigenvalue weighted by Crippen LogP contribution is -2.71. The lowest BCUT2D eigenvalue weighted by atomic mass is 10.0. The highest BCUT2D eigenvalue weighted by atomic mass is 16.8. The van der Waals surface area contributed by atoms with Gasteiger partial charge in [0.1, 0.15) is 0 Å². The molecule has 2 aromatic rings. The third-order valence-electron chi connectivity index (χ3n) is 4.80. The number of esters is 2. The Balaban J connectivity index is 1.75. The number of nitrogens with zero attached hydrogens (tertiary/aromatic N) is 2. The van der Waals surface area contributed by atoms with Crippen LogP contribution in [0.15, 0.2) is 41.4 Å². The maximum Gasteiger partial charge on any atom is 0.421 e. The molecule has 8 nitrogen and oxygen atoms in total. The largest absolute Gasteiger partial charge is 0.438 e. The van der Waals surface area contributed by atoms with Gasteiger partial charge in [0.15, 0.2) is 11.6 Å². The Morgan fingerprint density at radius 1 is 1.15 bits per heavy atom. The average molecular weight is 353 g/mol. The minimum Gasteiger partial charge on any atom is -0.438 e. The highest BCUT2D eigenvalue weighted by Crippen LogP contribution is 2.46. The molecule has 0 bridgehead atoms. The Kier molecular flexibility index (Phi) is 2.95. The first-order valence-corrected chi connectivity index (χ1v) is 8.26. The standard InChI is InChI=1S/C18H15N3O5/c1-21-12-7-6-10-4-2-3-5-11(10)13(12)25-18(16-19-8-9-20-16)17(21)24-14(22)15(23)26-18/h2-7,17H,8-9H2,1H3,(H,19,20). The van der Waals surface area contributed by atoms with Crippen LogP contribution in [0.2, 0.25) is 0 Å². The van der Waals surface area contributed by atoms with Gasteiger partial charge in [0.05, 0.1) is 12.2 Å². The molecule has 132 valence electrons. The number of aliphatic imine (C=N–C) groups is 1. The van der Waals surface area contributed by atoms with Crippen molar-refractivity contribution >= 4 is 34.2 Å². The van der Waals surface area contributed by atoms with Gasteiger partial charge in [0.25, 0.3) is 6.23 Å². The molecule has 0 aliphatic carbocycles. The molecule has 0 saturated carbocycles. The first-order valence-electron chi connectivity index (χ1n) is 8.26.